The van der Waals surface area contributed by atoms with Crippen molar-refractivity contribution in [3.8, 4) is 0 Å². The number of amides is 1. The molecular formula is C16H24N2O3S. The molecule has 0 saturated carbocycles. The van der Waals surface area contributed by atoms with Gasteiger partial charge in [0.05, 0.1) is 11.9 Å². The van der Waals surface area contributed by atoms with Gasteiger partial charge in [-0.05, 0) is 48.9 Å². The number of rotatable bonds is 5. The molecule has 1 aliphatic rings. The number of nitrogens with one attached hydrogen (secondary N) is 1. The quantitative estimate of drug-likeness (QED) is 0.903. The van der Waals surface area contributed by atoms with Crippen LogP contribution in [0.2, 0.25) is 0 Å². The van der Waals surface area contributed by atoms with Crippen molar-refractivity contribution in [2.75, 3.05) is 23.7 Å². The van der Waals surface area contributed by atoms with Crippen molar-refractivity contribution in [2.45, 2.75) is 33.1 Å². The minimum Gasteiger partial charge on any atom is -0.352 e. The number of benzene rings is 1. The molecule has 0 fully saturated rings. The molecule has 0 bridgehead atoms. The van der Waals surface area contributed by atoms with Crippen molar-refractivity contribution in [3.63, 3.8) is 0 Å². The second-order valence-corrected chi connectivity index (χ2v) is 8.13. The molecule has 1 aromatic carbocycles. The third-order valence-electron chi connectivity index (χ3n) is 3.83. The Morgan fingerprint density at radius 1 is 1.36 bits per heavy atom. The molecule has 5 nitrogen and oxygen atoms in total. The first-order chi connectivity index (χ1) is 10.3. The molecule has 2 rings (SSSR count). The Hall–Kier alpha value is -1.56. The number of aryl methyl sites for hydroxylation is 1. The van der Waals surface area contributed by atoms with Crippen LogP contribution in [0.1, 0.15) is 42.6 Å². The molecule has 1 aromatic rings. The van der Waals surface area contributed by atoms with Gasteiger partial charge in [0.1, 0.15) is 0 Å². The fourth-order valence-corrected chi connectivity index (χ4v) is 3.62. The summed E-state index contributed by atoms with van der Waals surface area (Å²) >= 11 is 0. The van der Waals surface area contributed by atoms with Gasteiger partial charge in [0, 0.05) is 18.7 Å². The van der Waals surface area contributed by atoms with Gasteiger partial charge < -0.3 is 5.32 Å². The Morgan fingerprint density at radius 2 is 2.09 bits per heavy atom. The van der Waals surface area contributed by atoms with Gasteiger partial charge in [0.2, 0.25) is 10.0 Å². The van der Waals surface area contributed by atoms with Crippen LogP contribution in [0, 0.1) is 5.92 Å². The van der Waals surface area contributed by atoms with E-state index in [1.165, 1.54) is 10.6 Å². The Bertz CT molecular complexity index is 653. The second-order valence-electron chi connectivity index (χ2n) is 6.22. The van der Waals surface area contributed by atoms with Crippen LogP contribution in [0.4, 0.5) is 5.69 Å². The molecule has 0 aromatic heterocycles. The third kappa shape index (κ3) is 4.00. The van der Waals surface area contributed by atoms with E-state index in [1.54, 1.807) is 12.1 Å². The van der Waals surface area contributed by atoms with Crippen molar-refractivity contribution in [2.24, 2.45) is 5.92 Å². The maximum Gasteiger partial charge on any atom is 0.251 e. The molecule has 1 heterocycles. The minimum absolute atomic E-state index is 0.0973. The van der Waals surface area contributed by atoms with E-state index in [2.05, 4.69) is 19.2 Å². The Morgan fingerprint density at radius 3 is 2.73 bits per heavy atom. The van der Waals surface area contributed by atoms with Crippen LogP contribution in [-0.2, 0) is 16.4 Å². The number of carbonyl (C=O) groups excluding carboxylic acids is 1. The Kier molecular flexibility index (Phi) is 5.11. The van der Waals surface area contributed by atoms with Crippen molar-refractivity contribution in [1.29, 1.82) is 0 Å². The van der Waals surface area contributed by atoms with Gasteiger partial charge in [0.15, 0.2) is 0 Å². The van der Waals surface area contributed by atoms with E-state index in [1.807, 2.05) is 6.07 Å². The summed E-state index contributed by atoms with van der Waals surface area (Å²) in [5.74, 6) is 0.451. The van der Waals surface area contributed by atoms with Crippen LogP contribution in [0.5, 0.6) is 0 Å². The minimum atomic E-state index is -3.26. The normalized spacial score (nSPS) is 14.8. The zero-order valence-corrected chi connectivity index (χ0v) is 14.2. The molecule has 6 heteroatoms. The molecule has 0 atom stereocenters. The van der Waals surface area contributed by atoms with Crippen LogP contribution in [0.3, 0.4) is 0 Å². The van der Waals surface area contributed by atoms with Crippen LogP contribution >= 0.6 is 0 Å². The van der Waals surface area contributed by atoms with Gasteiger partial charge in [0.25, 0.3) is 5.91 Å². The summed E-state index contributed by atoms with van der Waals surface area (Å²) in [5, 5.41) is 2.91. The Labute approximate surface area is 132 Å². The first-order valence-corrected chi connectivity index (χ1v) is 9.52. The molecular weight excluding hydrogens is 300 g/mol. The highest BCUT2D eigenvalue weighted by Crippen LogP contribution is 2.29. The van der Waals surface area contributed by atoms with Gasteiger partial charge in [-0.1, -0.05) is 13.8 Å². The van der Waals surface area contributed by atoms with Gasteiger partial charge in [-0.3, -0.25) is 9.10 Å². The molecule has 0 aliphatic carbocycles. The summed E-state index contributed by atoms with van der Waals surface area (Å²) in [6.07, 6.45) is 3.74. The topological polar surface area (TPSA) is 66.5 Å². The van der Waals surface area contributed by atoms with Gasteiger partial charge >= 0.3 is 0 Å². The lowest BCUT2D eigenvalue weighted by atomic mass is 10.0. The molecule has 0 spiro atoms. The van der Waals surface area contributed by atoms with Gasteiger partial charge in [-0.25, -0.2) is 8.42 Å². The number of anilines is 1. The number of fused-ring (bicyclic) bond motifs is 1. The summed E-state index contributed by atoms with van der Waals surface area (Å²) in [4.78, 5) is 12.1. The average Bonchev–Trinajstić information content (AvgIpc) is 2.44. The lowest BCUT2D eigenvalue weighted by molar-refractivity contribution is 0.0952. The van der Waals surface area contributed by atoms with Crippen LogP contribution < -0.4 is 9.62 Å². The summed E-state index contributed by atoms with van der Waals surface area (Å²) in [6, 6.07) is 5.26. The number of nitrogens with zero attached hydrogens (tertiary/aromatic N) is 1. The smallest absolute Gasteiger partial charge is 0.251 e. The van der Waals surface area contributed by atoms with Crippen molar-refractivity contribution in [1.82, 2.24) is 5.32 Å². The molecule has 1 amide bonds. The molecule has 0 radical (unpaired) electrons. The first-order valence-electron chi connectivity index (χ1n) is 7.68. The third-order valence-corrected chi connectivity index (χ3v) is 5.01. The summed E-state index contributed by atoms with van der Waals surface area (Å²) in [6.45, 7) is 5.39. The SMILES string of the molecule is CC(C)CCNC(=O)c1ccc2c(c1)CCCN2S(C)(=O)=O. The van der Waals surface area contributed by atoms with Crippen molar-refractivity contribution in [3.05, 3.63) is 29.3 Å². The second kappa shape index (κ2) is 6.69. The van der Waals surface area contributed by atoms with E-state index < -0.39 is 10.0 Å². The molecule has 1 aliphatic heterocycles. The summed E-state index contributed by atoms with van der Waals surface area (Å²) in [7, 11) is -3.26. The number of hydrogen-bond acceptors (Lipinski definition) is 3. The largest absolute Gasteiger partial charge is 0.352 e. The first kappa shape index (κ1) is 16.8. The van der Waals surface area contributed by atoms with Crippen LogP contribution in [0.25, 0.3) is 0 Å². The van der Waals surface area contributed by atoms with E-state index in [-0.39, 0.29) is 5.91 Å². The predicted molar refractivity (Wildman–Crippen MR) is 88.7 cm³/mol. The van der Waals surface area contributed by atoms with Crippen molar-refractivity contribution >= 4 is 21.6 Å². The monoisotopic (exact) mass is 324 g/mol. The lowest BCUT2D eigenvalue weighted by Crippen LogP contribution is -2.34. The maximum absolute atomic E-state index is 12.1. The fourth-order valence-electron chi connectivity index (χ4n) is 2.62. The number of sulfonamides is 1. The summed E-state index contributed by atoms with van der Waals surface area (Å²) in [5.41, 5.74) is 2.22. The highest BCUT2D eigenvalue weighted by molar-refractivity contribution is 7.92. The molecule has 0 unspecified atom stereocenters. The zero-order chi connectivity index (χ0) is 16.3. The fraction of sp³-hybridized carbons (Fsp3) is 0.562. The van der Waals surface area contributed by atoms with E-state index in [9.17, 15) is 13.2 Å². The Balaban J connectivity index is 2.16. The van der Waals surface area contributed by atoms with E-state index >= 15 is 0 Å². The van der Waals surface area contributed by atoms with Gasteiger partial charge in [-0.2, -0.15) is 0 Å². The number of carbonyl (C=O) groups is 1. The maximum atomic E-state index is 12.1. The summed E-state index contributed by atoms with van der Waals surface area (Å²) < 4.78 is 25.1. The highest BCUT2D eigenvalue weighted by atomic mass is 32.2. The van der Waals surface area contributed by atoms with Crippen molar-refractivity contribution < 1.29 is 13.2 Å². The van der Waals surface area contributed by atoms with Crippen LogP contribution in [0.15, 0.2) is 18.2 Å². The highest BCUT2D eigenvalue weighted by Gasteiger charge is 2.24. The van der Waals surface area contributed by atoms with E-state index in [0.29, 0.717) is 30.3 Å². The van der Waals surface area contributed by atoms with E-state index in [4.69, 9.17) is 0 Å². The van der Waals surface area contributed by atoms with Gasteiger partial charge in [-0.15, -0.1) is 0 Å². The molecule has 122 valence electrons. The lowest BCUT2D eigenvalue weighted by Gasteiger charge is -2.29. The number of hydrogen-bond donors (Lipinski definition) is 1. The molecule has 0 saturated heterocycles. The zero-order valence-electron chi connectivity index (χ0n) is 13.4. The predicted octanol–water partition coefficient (Wildman–Crippen LogP) is 2.17. The van der Waals surface area contributed by atoms with Crippen LogP contribution in [-0.4, -0.2) is 33.7 Å². The molecule has 22 heavy (non-hydrogen) atoms. The van der Waals surface area contributed by atoms with E-state index in [0.717, 1.165) is 24.8 Å². The molecule has 1 N–H and O–H groups in total. The average molecular weight is 324 g/mol. The standard InChI is InChI=1S/C16H24N2O3S/c1-12(2)8-9-17-16(19)14-6-7-15-13(11-14)5-4-10-18(15)22(3,20)21/h6-7,11-12H,4-5,8-10H2,1-3H3,(H,17,19).